The number of hydrogen-bond acceptors (Lipinski definition) is 4. The lowest BCUT2D eigenvalue weighted by molar-refractivity contribution is -0.137. The lowest BCUT2D eigenvalue weighted by atomic mass is 10.1. The number of anilines is 1. The van der Waals surface area contributed by atoms with Crippen molar-refractivity contribution in [1.82, 2.24) is 14.4 Å². The molecule has 5 nitrogen and oxygen atoms in total. The second-order valence-corrected chi connectivity index (χ2v) is 6.30. The van der Waals surface area contributed by atoms with Gasteiger partial charge in [0, 0.05) is 12.4 Å². The molecule has 3 aromatic heterocycles. The number of imidazole rings is 1. The summed E-state index contributed by atoms with van der Waals surface area (Å²) < 4.78 is 40.7. The summed E-state index contributed by atoms with van der Waals surface area (Å²) in [5.74, 6) is 0.481. The van der Waals surface area contributed by atoms with Crippen LogP contribution in [0.1, 0.15) is 36.7 Å². The number of halogens is 4. The summed E-state index contributed by atoms with van der Waals surface area (Å²) in [6.07, 6.45) is -0.523. The van der Waals surface area contributed by atoms with Gasteiger partial charge >= 0.3 is 6.18 Å². The van der Waals surface area contributed by atoms with E-state index in [2.05, 4.69) is 20.5 Å². The zero-order chi connectivity index (χ0) is 18.9. The van der Waals surface area contributed by atoms with E-state index in [9.17, 15) is 13.2 Å². The van der Waals surface area contributed by atoms with E-state index in [-0.39, 0.29) is 16.6 Å². The Morgan fingerprint density at radius 1 is 1.31 bits per heavy atom. The van der Waals surface area contributed by atoms with Crippen LogP contribution >= 0.6 is 11.6 Å². The summed E-state index contributed by atoms with van der Waals surface area (Å²) in [5, 5.41) is 4.01. The maximum Gasteiger partial charge on any atom is 0.417 e. The number of aromatic nitrogens is 3. The lowest BCUT2D eigenvalue weighted by Crippen LogP contribution is -2.08. The Hall–Kier alpha value is -2.61. The van der Waals surface area contributed by atoms with Gasteiger partial charge in [-0.15, -0.1) is 0 Å². The first-order chi connectivity index (χ1) is 12.3. The average Bonchev–Trinajstić information content (AvgIpc) is 2.95. The number of pyridine rings is 2. The van der Waals surface area contributed by atoms with Gasteiger partial charge in [0.2, 0.25) is 0 Å². The second kappa shape index (κ2) is 6.95. The third kappa shape index (κ3) is 3.65. The Kier molecular flexibility index (Phi) is 4.86. The van der Waals surface area contributed by atoms with E-state index in [0.717, 1.165) is 12.3 Å². The van der Waals surface area contributed by atoms with Crippen LogP contribution in [-0.4, -0.2) is 20.6 Å². The maximum absolute atomic E-state index is 13.1. The fourth-order valence-corrected chi connectivity index (χ4v) is 2.69. The van der Waals surface area contributed by atoms with Gasteiger partial charge in [0.1, 0.15) is 5.82 Å². The van der Waals surface area contributed by atoms with Crippen LogP contribution in [0.5, 0.6) is 0 Å². The highest BCUT2D eigenvalue weighted by molar-refractivity contribution is 6.33. The third-order valence-corrected chi connectivity index (χ3v) is 3.92. The Balaban J connectivity index is 2.09. The van der Waals surface area contributed by atoms with Crippen LogP contribution in [-0.2, 0) is 6.18 Å². The summed E-state index contributed by atoms with van der Waals surface area (Å²) in [5.41, 5.74) is 3.15. The Morgan fingerprint density at radius 2 is 2.08 bits per heavy atom. The second-order valence-electron chi connectivity index (χ2n) is 5.89. The van der Waals surface area contributed by atoms with Crippen molar-refractivity contribution in [2.45, 2.75) is 25.9 Å². The molecule has 0 fully saturated rings. The van der Waals surface area contributed by atoms with E-state index in [1.54, 1.807) is 24.4 Å². The molecule has 0 radical (unpaired) electrons. The van der Waals surface area contributed by atoms with Crippen LogP contribution in [0.15, 0.2) is 41.8 Å². The SMILES string of the molecule is CC(C)c1nc2c(Cl)cc(C(F)(F)F)cn2c1/C=N/Nc1ccccn1. The normalized spacial score (nSPS) is 12.4. The molecule has 0 aliphatic heterocycles. The number of nitrogens with zero attached hydrogens (tertiary/aromatic N) is 4. The molecule has 0 saturated heterocycles. The molecule has 26 heavy (non-hydrogen) atoms. The molecule has 0 aliphatic carbocycles. The molecule has 0 amide bonds. The van der Waals surface area contributed by atoms with Gasteiger partial charge in [-0.2, -0.15) is 18.3 Å². The van der Waals surface area contributed by atoms with Crippen molar-refractivity contribution in [3.63, 3.8) is 0 Å². The number of hydrogen-bond donors (Lipinski definition) is 1. The number of alkyl halides is 3. The van der Waals surface area contributed by atoms with Crippen LogP contribution in [0.3, 0.4) is 0 Å². The summed E-state index contributed by atoms with van der Waals surface area (Å²) in [6, 6.07) is 6.14. The van der Waals surface area contributed by atoms with E-state index >= 15 is 0 Å². The third-order valence-electron chi connectivity index (χ3n) is 3.65. The molecule has 3 heterocycles. The molecule has 0 atom stereocenters. The molecule has 0 spiro atoms. The molecule has 136 valence electrons. The van der Waals surface area contributed by atoms with Crippen molar-refractivity contribution in [3.05, 3.63) is 58.6 Å². The van der Waals surface area contributed by atoms with E-state index in [1.165, 1.54) is 10.6 Å². The van der Waals surface area contributed by atoms with Gasteiger partial charge in [0.15, 0.2) is 5.65 Å². The largest absolute Gasteiger partial charge is 0.417 e. The Morgan fingerprint density at radius 3 is 2.69 bits per heavy atom. The van der Waals surface area contributed by atoms with Crippen LogP contribution < -0.4 is 5.43 Å². The molecule has 0 saturated carbocycles. The highest BCUT2D eigenvalue weighted by Crippen LogP contribution is 2.33. The van der Waals surface area contributed by atoms with E-state index in [1.807, 2.05) is 13.8 Å². The molecule has 0 bridgehead atoms. The van der Waals surface area contributed by atoms with Gasteiger partial charge in [0.05, 0.1) is 28.2 Å². The van der Waals surface area contributed by atoms with Crippen molar-refractivity contribution >= 4 is 29.3 Å². The van der Waals surface area contributed by atoms with Crippen molar-refractivity contribution in [1.29, 1.82) is 0 Å². The minimum atomic E-state index is -4.51. The molecular weight excluding hydrogens is 367 g/mol. The minimum absolute atomic E-state index is 0.0309. The summed E-state index contributed by atoms with van der Waals surface area (Å²) in [7, 11) is 0. The van der Waals surface area contributed by atoms with Crippen LogP contribution in [0, 0.1) is 0 Å². The smallest absolute Gasteiger partial charge is 0.297 e. The fraction of sp³-hybridized carbons (Fsp3) is 0.235. The van der Waals surface area contributed by atoms with Gasteiger partial charge in [-0.1, -0.05) is 31.5 Å². The summed E-state index contributed by atoms with van der Waals surface area (Å²) in [6.45, 7) is 3.79. The molecule has 1 N–H and O–H groups in total. The molecular formula is C17H15ClF3N5. The van der Waals surface area contributed by atoms with Crippen molar-refractivity contribution in [2.24, 2.45) is 5.10 Å². The standard InChI is InChI=1S/C17H15ClF3N5/c1-10(2)15-13(8-23-25-14-5-3-4-6-22-14)26-9-11(17(19,20)21)7-12(18)16(26)24-15/h3-10H,1-2H3,(H,22,25)/b23-8+. The Bertz CT molecular complexity index is 948. The topological polar surface area (TPSA) is 54.6 Å². The van der Waals surface area contributed by atoms with Gasteiger partial charge in [-0.05, 0) is 24.1 Å². The molecule has 3 rings (SSSR count). The predicted octanol–water partition coefficient (Wildman–Crippen LogP) is 4.97. The van der Waals surface area contributed by atoms with Crippen molar-refractivity contribution < 1.29 is 13.2 Å². The molecule has 0 aliphatic rings. The van der Waals surface area contributed by atoms with Gasteiger partial charge in [-0.25, -0.2) is 9.97 Å². The van der Waals surface area contributed by atoms with Gasteiger partial charge < -0.3 is 0 Å². The lowest BCUT2D eigenvalue weighted by Gasteiger charge is -2.09. The van der Waals surface area contributed by atoms with E-state index in [4.69, 9.17) is 11.6 Å². The van der Waals surface area contributed by atoms with Gasteiger partial charge in [-0.3, -0.25) is 9.83 Å². The minimum Gasteiger partial charge on any atom is -0.297 e. The van der Waals surface area contributed by atoms with E-state index < -0.39 is 11.7 Å². The highest BCUT2D eigenvalue weighted by Gasteiger charge is 2.32. The van der Waals surface area contributed by atoms with E-state index in [0.29, 0.717) is 17.2 Å². The predicted molar refractivity (Wildman–Crippen MR) is 94.7 cm³/mol. The first-order valence-corrected chi connectivity index (χ1v) is 8.14. The fourth-order valence-electron chi connectivity index (χ4n) is 2.44. The average molecular weight is 382 g/mol. The highest BCUT2D eigenvalue weighted by atomic mass is 35.5. The summed E-state index contributed by atoms with van der Waals surface area (Å²) in [4.78, 5) is 8.45. The quantitative estimate of drug-likeness (QED) is 0.512. The first kappa shape index (κ1) is 18.2. The van der Waals surface area contributed by atoms with Crippen molar-refractivity contribution in [2.75, 3.05) is 5.43 Å². The zero-order valence-electron chi connectivity index (χ0n) is 13.9. The molecule has 3 aromatic rings. The first-order valence-electron chi connectivity index (χ1n) is 7.76. The number of hydrazone groups is 1. The maximum atomic E-state index is 13.1. The molecule has 0 aromatic carbocycles. The van der Waals surface area contributed by atoms with Crippen LogP contribution in [0.25, 0.3) is 5.65 Å². The van der Waals surface area contributed by atoms with Gasteiger partial charge in [0.25, 0.3) is 0 Å². The Labute approximate surface area is 152 Å². The molecule has 0 unspecified atom stereocenters. The van der Waals surface area contributed by atoms with Crippen LogP contribution in [0.4, 0.5) is 19.0 Å². The zero-order valence-corrected chi connectivity index (χ0v) is 14.7. The summed E-state index contributed by atoms with van der Waals surface area (Å²) >= 11 is 6.03. The van der Waals surface area contributed by atoms with Crippen LogP contribution in [0.2, 0.25) is 5.02 Å². The van der Waals surface area contributed by atoms with Crippen molar-refractivity contribution in [3.8, 4) is 0 Å². The molecule has 9 heteroatoms. The number of fused-ring (bicyclic) bond motifs is 1. The number of rotatable bonds is 4. The number of nitrogens with one attached hydrogen (secondary N) is 1. The monoisotopic (exact) mass is 381 g/mol.